The van der Waals surface area contributed by atoms with Crippen LogP contribution in [0.1, 0.15) is 33.1 Å². The molecule has 56 valence electrons. The largest absolute Gasteiger partial charge is 0.367 e. The van der Waals surface area contributed by atoms with E-state index in [0.717, 1.165) is 13.0 Å². The maximum atomic E-state index is 5.35. The zero-order chi connectivity index (χ0) is 7.11. The van der Waals surface area contributed by atoms with Gasteiger partial charge in [-0.05, 0) is 12.8 Å². The van der Waals surface area contributed by atoms with Crippen molar-refractivity contribution < 1.29 is 4.74 Å². The van der Waals surface area contributed by atoms with Crippen LogP contribution >= 0.6 is 15.9 Å². The molecule has 1 atom stereocenters. The molecule has 0 saturated heterocycles. The summed E-state index contributed by atoms with van der Waals surface area (Å²) in [5.74, 6) is 0. The third-order valence-electron chi connectivity index (χ3n) is 1.12. The summed E-state index contributed by atoms with van der Waals surface area (Å²) in [5.41, 5.74) is 0. The monoisotopic (exact) mass is 194 g/mol. The minimum atomic E-state index is 0.268. The lowest BCUT2D eigenvalue weighted by Gasteiger charge is -2.06. The van der Waals surface area contributed by atoms with Crippen LogP contribution in [0.2, 0.25) is 0 Å². The van der Waals surface area contributed by atoms with Gasteiger partial charge in [-0.3, -0.25) is 0 Å². The third-order valence-corrected chi connectivity index (χ3v) is 2.03. The van der Waals surface area contributed by atoms with Gasteiger partial charge in [0.25, 0.3) is 0 Å². The van der Waals surface area contributed by atoms with E-state index in [0.29, 0.717) is 0 Å². The number of unbranched alkanes of at least 4 members (excludes halogenated alkanes) is 1. The predicted molar refractivity (Wildman–Crippen MR) is 43.9 cm³/mol. The van der Waals surface area contributed by atoms with Crippen LogP contribution in [-0.2, 0) is 4.74 Å². The Morgan fingerprint density at radius 3 is 2.56 bits per heavy atom. The van der Waals surface area contributed by atoms with Gasteiger partial charge in [-0.1, -0.05) is 36.2 Å². The Morgan fingerprint density at radius 2 is 2.11 bits per heavy atom. The van der Waals surface area contributed by atoms with Gasteiger partial charge in [-0.2, -0.15) is 0 Å². The molecule has 0 N–H and O–H groups in total. The Hall–Kier alpha value is 0.440. The van der Waals surface area contributed by atoms with Crippen molar-refractivity contribution in [3.63, 3.8) is 0 Å². The van der Waals surface area contributed by atoms with Crippen LogP contribution in [0.4, 0.5) is 0 Å². The van der Waals surface area contributed by atoms with E-state index in [1.165, 1.54) is 12.8 Å². The zero-order valence-corrected chi connectivity index (χ0v) is 7.78. The molecule has 9 heavy (non-hydrogen) atoms. The Morgan fingerprint density at radius 1 is 1.44 bits per heavy atom. The molecule has 0 bridgehead atoms. The first-order valence-electron chi connectivity index (χ1n) is 3.57. The molecule has 0 saturated carbocycles. The summed E-state index contributed by atoms with van der Waals surface area (Å²) in [7, 11) is 0. The van der Waals surface area contributed by atoms with Crippen LogP contribution in [0.3, 0.4) is 0 Å². The maximum absolute atomic E-state index is 5.35. The quantitative estimate of drug-likeness (QED) is 0.484. The first-order chi connectivity index (χ1) is 4.31. The van der Waals surface area contributed by atoms with Crippen LogP contribution in [0.15, 0.2) is 0 Å². The number of hydrogen-bond acceptors (Lipinski definition) is 1. The van der Waals surface area contributed by atoms with Gasteiger partial charge in [0, 0.05) is 6.61 Å². The minimum absolute atomic E-state index is 0.268. The van der Waals surface area contributed by atoms with Gasteiger partial charge in [0.15, 0.2) is 0 Å². The molecule has 0 rings (SSSR count). The van der Waals surface area contributed by atoms with Crippen molar-refractivity contribution >= 4 is 15.9 Å². The minimum Gasteiger partial charge on any atom is -0.367 e. The second-order valence-electron chi connectivity index (χ2n) is 2.04. The van der Waals surface area contributed by atoms with Crippen LogP contribution in [0.5, 0.6) is 0 Å². The molecule has 0 aliphatic rings. The van der Waals surface area contributed by atoms with Gasteiger partial charge < -0.3 is 4.74 Å². The van der Waals surface area contributed by atoms with Gasteiger partial charge in [-0.15, -0.1) is 0 Å². The number of ether oxygens (including phenoxy) is 1. The van der Waals surface area contributed by atoms with Crippen LogP contribution in [0.25, 0.3) is 0 Å². The topological polar surface area (TPSA) is 9.23 Å². The number of halogens is 1. The molecule has 2 heteroatoms. The molecule has 0 fully saturated rings. The molecule has 0 amide bonds. The summed E-state index contributed by atoms with van der Waals surface area (Å²) in [6.07, 6.45) is 3.43. The van der Waals surface area contributed by atoms with Crippen molar-refractivity contribution in [3.05, 3.63) is 0 Å². The van der Waals surface area contributed by atoms with Gasteiger partial charge in [0.2, 0.25) is 0 Å². The second kappa shape index (κ2) is 6.56. The van der Waals surface area contributed by atoms with Crippen molar-refractivity contribution in [3.8, 4) is 0 Å². The molecular formula is C7H15BrO. The molecule has 1 nitrogen and oxygen atoms in total. The average molecular weight is 195 g/mol. The van der Waals surface area contributed by atoms with Gasteiger partial charge >= 0.3 is 0 Å². The number of rotatable bonds is 5. The van der Waals surface area contributed by atoms with E-state index in [-0.39, 0.29) is 5.01 Å². The zero-order valence-electron chi connectivity index (χ0n) is 6.19. The van der Waals surface area contributed by atoms with E-state index < -0.39 is 0 Å². The van der Waals surface area contributed by atoms with Crippen molar-refractivity contribution in [2.24, 2.45) is 0 Å². The second-order valence-corrected chi connectivity index (χ2v) is 3.06. The third kappa shape index (κ3) is 6.32. The Kier molecular flexibility index (Phi) is 6.88. The summed E-state index contributed by atoms with van der Waals surface area (Å²) in [5, 5.41) is 0.268. The number of hydrogen-bond donors (Lipinski definition) is 0. The van der Waals surface area contributed by atoms with Crippen LogP contribution in [-0.4, -0.2) is 11.6 Å². The van der Waals surface area contributed by atoms with Crippen molar-refractivity contribution in [2.45, 2.75) is 38.1 Å². The van der Waals surface area contributed by atoms with Crippen molar-refractivity contribution in [1.29, 1.82) is 0 Å². The van der Waals surface area contributed by atoms with E-state index in [2.05, 4.69) is 29.8 Å². The maximum Gasteiger partial charge on any atom is 0.112 e. The highest BCUT2D eigenvalue weighted by Gasteiger charge is 1.97. The van der Waals surface area contributed by atoms with E-state index in [1.54, 1.807) is 0 Å². The fourth-order valence-corrected chi connectivity index (χ4v) is 0.660. The highest BCUT2D eigenvalue weighted by atomic mass is 79.9. The summed E-state index contributed by atoms with van der Waals surface area (Å²) < 4.78 is 5.35. The molecule has 0 radical (unpaired) electrons. The first-order valence-corrected chi connectivity index (χ1v) is 4.48. The predicted octanol–water partition coefficient (Wildman–Crippen LogP) is 2.93. The molecular weight excluding hydrogens is 180 g/mol. The first kappa shape index (κ1) is 9.44. The molecule has 0 aliphatic heterocycles. The van der Waals surface area contributed by atoms with Gasteiger partial charge in [0.1, 0.15) is 5.01 Å². The van der Waals surface area contributed by atoms with Crippen LogP contribution in [0, 0.1) is 0 Å². The van der Waals surface area contributed by atoms with Crippen molar-refractivity contribution in [1.82, 2.24) is 0 Å². The highest BCUT2D eigenvalue weighted by molar-refractivity contribution is 9.09. The normalized spacial score (nSPS) is 13.7. The molecule has 0 heterocycles. The van der Waals surface area contributed by atoms with E-state index >= 15 is 0 Å². The fourth-order valence-electron chi connectivity index (χ4n) is 0.473. The smallest absolute Gasteiger partial charge is 0.112 e. The van der Waals surface area contributed by atoms with Gasteiger partial charge in [0.05, 0.1) is 0 Å². The molecule has 0 aromatic heterocycles. The standard InChI is InChI=1S/C7H15BrO/c1-3-5-6-9-7(8)4-2/h7H,3-6H2,1-2H3. The average Bonchev–Trinajstić information content (AvgIpc) is 1.89. The van der Waals surface area contributed by atoms with E-state index in [1.807, 2.05) is 0 Å². The van der Waals surface area contributed by atoms with Crippen LogP contribution < -0.4 is 0 Å². The van der Waals surface area contributed by atoms with E-state index in [9.17, 15) is 0 Å². The summed E-state index contributed by atoms with van der Waals surface area (Å²) in [6, 6.07) is 0. The molecule has 0 aromatic rings. The lowest BCUT2D eigenvalue weighted by molar-refractivity contribution is 0.112. The number of alkyl halides is 1. The molecule has 0 aliphatic carbocycles. The lowest BCUT2D eigenvalue weighted by atomic mass is 10.4. The summed E-state index contributed by atoms with van der Waals surface area (Å²) in [4.78, 5) is 0. The van der Waals surface area contributed by atoms with E-state index in [4.69, 9.17) is 4.74 Å². The summed E-state index contributed by atoms with van der Waals surface area (Å²) in [6.45, 7) is 5.16. The van der Waals surface area contributed by atoms with Gasteiger partial charge in [-0.25, -0.2) is 0 Å². The lowest BCUT2D eigenvalue weighted by Crippen LogP contribution is -2.03. The SMILES string of the molecule is CCCCOC(Br)CC. The summed E-state index contributed by atoms with van der Waals surface area (Å²) >= 11 is 3.38. The molecule has 0 spiro atoms. The molecule has 0 aromatic carbocycles. The van der Waals surface area contributed by atoms with Crippen molar-refractivity contribution in [2.75, 3.05) is 6.61 Å². The fraction of sp³-hybridized carbons (Fsp3) is 1.00. The Balaban J connectivity index is 2.88. The highest BCUT2D eigenvalue weighted by Crippen LogP contribution is 2.06. The Bertz CT molecular complexity index is 56.9. The molecule has 1 unspecified atom stereocenters. The Labute approximate surface area is 65.9 Å².